The van der Waals surface area contributed by atoms with Crippen LogP contribution in [0.25, 0.3) is 0 Å². The quantitative estimate of drug-likeness (QED) is 0.698. The maximum atomic E-state index is 12.4. The molecular weight excluding hydrogens is 336 g/mol. The van der Waals surface area contributed by atoms with Gasteiger partial charge in [0.05, 0.1) is 7.11 Å². The van der Waals surface area contributed by atoms with Gasteiger partial charge in [0.15, 0.2) is 0 Å². The number of benzene rings is 2. The zero-order valence-corrected chi connectivity index (χ0v) is 14.1. The fourth-order valence-corrected chi connectivity index (χ4v) is 3.04. The molecule has 1 aliphatic rings. The van der Waals surface area contributed by atoms with Gasteiger partial charge in [-0.05, 0) is 29.7 Å². The Morgan fingerprint density at radius 1 is 0.962 bits per heavy atom. The number of nitrogens with one attached hydrogen (secondary N) is 2. The number of hydrogen-bond donors (Lipinski definition) is 3. The molecule has 7 heteroatoms. The molecule has 0 spiro atoms. The summed E-state index contributed by atoms with van der Waals surface area (Å²) in [5, 5.41) is 15.0. The monoisotopic (exact) mass is 354 g/mol. The van der Waals surface area contributed by atoms with Crippen LogP contribution in [0.15, 0.2) is 54.6 Å². The second-order valence-electron chi connectivity index (χ2n) is 6.02. The highest BCUT2D eigenvalue weighted by Gasteiger charge is 2.54. The van der Waals surface area contributed by atoms with E-state index in [1.165, 1.54) is 7.11 Å². The zero-order valence-electron chi connectivity index (χ0n) is 14.1. The molecule has 7 nitrogen and oxygen atoms in total. The van der Waals surface area contributed by atoms with Gasteiger partial charge < -0.3 is 9.84 Å². The molecule has 0 bridgehead atoms. The summed E-state index contributed by atoms with van der Waals surface area (Å²) < 4.78 is 5.13. The molecule has 26 heavy (non-hydrogen) atoms. The Morgan fingerprint density at radius 2 is 1.54 bits per heavy atom. The Bertz CT molecular complexity index is 813. The molecule has 3 N–H and O–H groups in total. The van der Waals surface area contributed by atoms with E-state index in [9.17, 15) is 19.5 Å². The van der Waals surface area contributed by atoms with Crippen LogP contribution in [0.4, 0.5) is 4.79 Å². The van der Waals surface area contributed by atoms with Crippen LogP contribution in [0.1, 0.15) is 17.0 Å². The maximum absolute atomic E-state index is 12.4. The van der Waals surface area contributed by atoms with E-state index in [1.807, 2.05) is 41.0 Å². The van der Waals surface area contributed by atoms with Crippen LogP contribution in [0.5, 0.6) is 5.75 Å². The third-order valence-corrected chi connectivity index (χ3v) is 4.45. The Balaban J connectivity index is 2.05. The molecule has 2 aromatic rings. The van der Waals surface area contributed by atoms with Crippen molar-refractivity contribution < 1.29 is 24.2 Å². The van der Waals surface area contributed by atoms with Crippen molar-refractivity contribution in [3.05, 3.63) is 65.7 Å². The van der Waals surface area contributed by atoms with E-state index in [-0.39, 0.29) is 6.42 Å². The van der Waals surface area contributed by atoms with Gasteiger partial charge >= 0.3 is 6.03 Å². The lowest BCUT2D eigenvalue weighted by molar-refractivity contribution is -0.157. The van der Waals surface area contributed by atoms with Crippen LogP contribution in [0, 0.1) is 0 Å². The lowest BCUT2D eigenvalue weighted by Crippen LogP contribution is -2.69. The molecule has 1 atom stereocenters. The number of barbiturate groups is 1. The molecule has 1 saturated heterocycles. The van der Waals surface area contributed by atoms with Gasteiger partial charge in [-0.1, -0.05) is 42.5 Å². The third kappa shape index (κ3) is 3.16. The molecular formula is C19H18N2O5. The van der Waals surface area contributed by atoms with Gasteiger partial charge in [-0.25, -0.2) is 4.79 Å². The van der Waals surface area contributed by atoms with Crippen molar-refractivity contribution in [1.82, 2.24) is 10.6 Å². The van der Waals surface area contributed by atoms with Gasteiger partial charge in [-0.15, -0.1) is 0 Å². The van der Waals surface area contributed by atoms with Crippen molar-refractivity contribution in [2.75, 3.05) is 7.11 Å². The van der Waals surface area contributed by atoms with E-state index in [0.29, 0.717) is 11.3 Å². The number of urea groups is 1. The highest BCUT2D eigenvalue weighted by molar-refractivity contribution is 6.22. The molecule has 0 aromatic heterocycles. The van der Waals surface area contributed by atoms with E-state index >= 15 is 0 Å². The highest BCUT2D eigenvalue weighted by Crippen LogP contribution is 2.34. The van der Waals surface area contributed by atoms with Crippen molar-refractivity contribution >= 4 is 17.8 Å². The molecule has 3 rings (SSSR count). The van der Waals surface area contributed by atoms with Gasteiger partial charge in [-0.3, -0.25) is 20.2 Å². The number of ether oxygens (including phenoxy) is 1. The SMILES string of the molecule is COc1ccc([C@H](Cc2ccccc2)C2(O)C(=O)NC(=O)NC2=O)cc1. The highest BCUT2D eigenvalue weighted by atomic mass is 16.5. The lowest BCUT2D eigenvalue weighted by Gasteiger charge is -2.36. The molecule has 1 heterocycles. The first kappa shape index (κ1) is 17.6. The second kappa shape index (κ2) is 6.97. The molecule has 4 amide bonds. The smallest absolute Gasteiger partial charge is 0.328 e. The molecule has 0 aliphatic carbocycles. The first-order valence-electron chi connectivity index (χ1n) is 8.02. The lowest BCUT2D eigenvalue weighted by atomic mass is 9.76. The molecule has 0 radical (unpaired) electrons. The number of methoxy groups -OCH3 is 1. The molecule has 0 unspecified atom stereocenters. The molecule has 1 aliphatic heterocycles. The number of aliphatic hydroxyl groups is 1. The average molecular weight is 354 g/mol. The summed E-state index contributed by atoms with van der Waals surface area (Å²) in [7, 11) is 1.53. The number of carbonyl (C=O) groups excluding carboxylic acids is 3. The van der Waals surface area contributed by atoms with Crippen molar-refractivity contribution in [2.24, 2.45) is 0 Å². The van der Waals surface area contributed by atoms with Gasteiger partial charge in [-0.2, -0.15) is 0 Å². The first-order chi connectivity index (χ1) is 12.4. The minimum Gasteiger partial charge on any atom is -0.497 e. The van der Waals surface area contributed by atoms with E-state index in [1.54, 1.807) is 24.3 Å². The minimum absolute atomic E-state index is 0.221. The van der Waals surface area contributed by atoms with E-state index in [4.69, 9.17) is 4.74 Å². The predicted octanol–water partition coefficient (Wildman–Crippen LogP) is 1.12. The van der Waals surface area contributed by atoms with E-state index in [0.717, 1.165) is 5.56 Å². The number of amides is 4. The Labute approximate surface area is 150 Å². The maximum Gasteiger partial charge on any atom is 0.328 e. The predicted molar refractivity (Wildman–Crippen MR) is 92.5 cm³/mol. The van der Waals surface area contributed by atoms with Gasteiger partial charge in [0.2, 0.25) is 5.60 Å². The average Bonchev–Trinajstić information content (AvgIpc) is 2.65. The summed E-state index contributed by atoms with van der Waals surface area (Å²) >= 11 is 0. The van der Waals surface area contributed by atoms with Crippen LogP contribution >= 0.6 is 0 Å². The molecule has 0 saturated carbocycles. The molecule has 2 aromatic carbocycles. The summed E-state index contributed by atoms with van der Waals surface area (Å²) in [5.74, 6) is -2.37. The van der Waals surface area contributed by atoms with Crippen molar-refractivity contribution in [2.45, 2.75) is 17.9 Å². The Kier molecular flexibility index (Phi) is 4.73. The normalized spacial score (nSPS) is 17.2. The minimum atomic E-state index is -2.42. The van der Waals surface area contributed by atoms with Crippen LogP contribution in [0.3, 0.4) is 0 Å². The summed E-state index contributed by atoms with van der Waals surface area (Å²) in [6.07, 6.45) is 0.221. The summed E-state index contributed by atoms with van der Waals surface area (Å²) in [4.78, 5) is 36.2. The fraction of sp³-hybridized carbons (Fsp3) is 0.211. The van der Waals surface area contributed by atoms with E-state index in [2.05, 4.69) is 0 Å². The largest absolute Gasteiger partial charge is 0.497 e. The van der Waals surface area contributed by atoms with Crippen molar-refractivity contribution in [3.63, 3.8) is 0 Å². The molecule has 134 valence electrons. The molecule has 1 fully saturated rings. The van der Waals surface area contributed by atoms with E-state index < -0.39 is 29.4 Å². The van der Waals surface area contributed by atoms with Crippen LogP contribution in [0.2, 0.25) is 0 Å². The first-order valence-corrected chi connectivity index (χ1v) is 8.02. The van der Waals surface area contributed by atoms with Crippen LogP contribution < -0.4 is 15.4 Å². The van der Waals surface area contributed by atoms with Crippen LogP contribution in [-0.4, -0.2) is 35.7 Å². The number of hydrogen-bond acceptors (Lipinski definition) is 5. The van der Waals surface area contributed by atoms with Gasteiger partial charge in [0, 0.05) is 5.92 Å². The Hall–Kier alpha value is -3.19. The summed E-state index contributed by atoms with van der Waals surface area (Å²) in [5.41, 5.74) is -1.02. The summed E-state index contributed by atoms with van der Waals surface area (Å²) in [6.45, 7) is 0. The zero-order chi connectivity index (χ0) is 18.7. The standard InChI is InChI=1S/C19H18N2O5/c1-26-14-9-7-13(8-10-14)15(11-12-5-3-2-4-6-12)19(25)16(22)20-18(24)21-17(19)23/h2-10,15,25H,11H2,1H3,(H2,20,21,22,23,24)/t15-/m0/s1. The second-order valence-corrected chi connectivity index (χ2v) is 6.02. The number of carbonyl (C=O) groups is 3. The van der Waals surface area contributed by atoms with Crippen LogP contribution in [-0.2, 0) is 16.0 Å². The van der Waals surface area contributed by atoms with Gasteiger partial charge in [0.1, 0.15) is 5.75 Å². The third-order valence-electron chi connectivity index (χ3n) is 4.45. The van der Waals surface area contributed by atoms with Crippen molar-refractivity contribution in [1.29, 1.82) is 0 Å². The van der Waals surface area contributed by atoms with Crippen molar-refractivity contribution in [3.8, 4) is 5.75 Å². The Morgan fingerprint density at radius 3 is 2.08 bits per heavy atom. The number of imide groups is 2. The number of rotatable bonds is 5. The van der Waals surface area contributed by atoms with Gasteiger partial charge in [0.25, 0.3) is 11.8 Å². The topological polar surface area (TPSA) is 105 Å². The summed E-state index contributed by atoms with van der Waals surface area (Å²) in [6, 6.07) is 15.0. The fourth-order valence-electron chi connectivity index (χ4n) is 3.04.